The molecular formula is C25H23N3O3. The van der Waals surface area contributed by atoms with E-state index in [1.807, 2.05) is 60.7 Å². The summed E-state index contributed by atoms with van der Waals surface area (Å²) < 4.78 is 11.1. The van der Waals surface area contributed by atoms with E-state index in [4.69, 9.17) is 9.47 Å². The van der Waals surface area contributed by atoms with Crippen LogP contribution in [-0.2, 0) is 11.2 Å². The number of nitrogens with zero attached hydrogens (tertiary/aromatic N) is 1. The molecule has 0 bridgehead atoms. The third kappa shape index (κ3) is 6.38. The number of rotatable bonds is 9. The van der Waals surface area contributed by atoms with Crippen LogP contribution >= 0.6 is 0 Å². The molecule has 156 valence electrons. The van der Waals surface area contributed by atoms with Gasteiger partial charge >= 0.3 is 0 Å². The maximum atomic E-state index is 12.4. The Morgan fingerprint density at radius 2 is 1.65 bits per heavy atom. The molecule has 0 atom stereocenters. The van der Waals surface area contributed by atoms with Gasteiger partial charge in [-0.05, 0) is 54.4 Å². The Labute approximate surface area is 181 Å². The lowest BCUT2D eigenvalue weighted by molar-refractivity contribution is -0.112. The predicted octanol–water partition coefficient (Wildman–Crippen LogP) is 4.67. The van der Waals surface area contributed by atoms with Gasteiger partial charge in [0.25, 0.3) is 5.91 Å². The number of nitriles is 1. The topological polar surface area (TPSA) is 83.4 Å². The van der Waals surface area contributed by atoms with Crippen molar-refractivity contribution in [3.8, 4) is 23.3 Å². The number of anilines is 1. The standard InChI is InChI=1S/C25H23N3O3/c1-30-24-10-6-5-7-19(24)15-16-27-18-20(17-26)25(29)28-21-11-13-23(14-12-21)31-22-8-3-2-4-9-22/h2-14,18,27H,15-16H2,1H3,(H,28,29)/b20-18-. The highest BCUT2D eigenvalue weighted by molar-refractivity contribution is 6.06. The van der Waals surface area contributed by atoms with Crippen LogP contribution in [0.4, 0.5) is 5.69 Å². The maximum Gasteiger partial charge on any atom is 0.267 e. The number of hydrogen-bond donors (Lipinski definition) is 2. The molecular weight excluding hydrogens is 390 g/mol. The van der Waals surface area contributed by atoms with Gasteiger partial charge < -0.3 is 20.1 Å². The van der Waals surface area contributed by atoms with Crippen molar-refractivity contribution < 1.29 is 14.3 Å². The van der Waals surface area contributed by atoms with E-state index in [2.05, 4.69) is 10.6 Å². The zero-order chi connectivity index (χ0) is 21.9. The Kier molecular flexibility index (Phi) is 7.67. The molecule has 0 heterocycles. The number of nitrogens with one attached hydrogen (secondary N) is 2. The summed E-state index contributed by atoms with van der Waals surface area (Å²) >= 11 is 0. The average Bonchev–Trinajstić information content (AvgIpc) is 2.81. The first-order valence-electron chi connectivity index (χ1n) is 9.79. The molecule has 0 aliphatic carbocycles. The van der Waals surface area contributed by atoms with Crippen LogP contribution in [0, 0.1) is 11.3 Å². The predicted molar refractivity (Wildman–Crippen MR) is 120 cm³/mol. The third-order valence-corrected chi connectivity index (χ3v) is 4.43. The molecule has 6 nitrogen and oxygen atoms in total. The number of ether oxygens (including phenoxy) is 2. The van der Waals surface area contributed by atoms with Gasteiger partial charge in [0, 0.05) is 18.4 Å². The summed E-state index contributed by atoms with van der Waals surface area (Å²) in [6.45, 7) is 0.560. The summed E-state index contributed by atoms with van der Waals surface area (Å²) in [5, 5.41) is 15.1. The molecule has 0 spiro atoms. The number of carbonyl (C=O) groups excluding carboxylic acids is 1. The lowest BCUT2D eigenvalue weighted by atomic mass is 10.1. The normalized spacial score (nSPS) is 10.6. The van der Waals surface area contributed by atoms with Crippen LogP contribution in [0.5, 0.6) is 17.2 Å². The zero-order valence-corrected chi connectivity index (χ0v) is 17.2. The highest BCUT2D eigenvalue weighted by atomic mass is 16.5. The number of methoxy groups -OCH3 is 1. The molecule has 3 rings (SSSR count). The van der Waals surface area contributed by atoms with E-state index in [9.17, 15) is 10.1 Å². The molecule has 0 aliphatic heterocycles. The van der Waals surface area contributed by atoms with Crippen molar-refractivity contribution in [2.45, 2.75) is 6.42 Å². The molecule has 0 unspecified atom stereocenters. The van der Waals surface area contributed by atoms with E-state index >= 15 is 0 Å². The van der Waals surface area contributed by atoms with Gasteiger partial charge in [0.15, 0.2) is 0 Å². The van der Waals surface area contributed by atoms with E-state index in [1.54, 1.807) is 31.4 Å². The average molecular weight is 413 g/mol. The molecule has 0 aliphatic rings. The number of hydrogen-bond acceptors (Lipinski definition) is 5. The first-order chi connectivity index (χ1) is 15.2. The number of para-hydroxylation sites is 2. The Hall–Kier alpha value is -4.24. The van der Waals surface area contributed by atoms with E-state index in [0.29, 0.717) is 24.4 Å². The van der Waals surface area contributed by atoms with Crippen LogP contribution in [0.3, 0.4) is 0 Å². The van der Waals surface area contributed by atoms with Crippen molar-refractivity contribution in [3.05, 3.63) is 96.2 Å². The summed E-state index contributed by atoms with van der Waals surface area (Å²) in [6, 6.07) is 26.0. The van der Waals surface area contributed by atoms with Crippen molar-refractivity contribution in [2.24, 2.45) is 0 Å². The van der Waals surface area contributed by atoms with E-state index < -0.39 is 5.91 Å². The smallest absolute Gasteiger partial charge is 0.267 e. The minimum absolute atomic E-state index is 0.00959. The lowest BCUT2D eigenvalue weighted by Crippen LogP contribution is -2.18. The SMILES string of the molecule is COc1ccccc1CCN/C=C(/C#N)C(=O)Nc1ccc(Oc2ccccc2)cc1. The Morgan fingerprint density at radius 1 is 0.968 bits per heavy atom. The highest BCUT2D eigenvalue weighted by Crippen LogP contribution is 2.23. The fraction of sp³-hybridized carbons (Fsp3) is 0.120. The molecule has 0 aromatic heterocycles. The zero-order valence-electron chi connectivity index (χ0n) is 17.2. The van der Waals surface area contributed by atoms with Gasteiger partial charge in [-0.25, -0.2) is 0 Å². The van der Waals surface area contributed by atoms with Gasteiger partial charge in [0.2, 0.25) is 0 Å². The molecule has 1 amide bonds. The summed E-state index contributed by atoms with van der Waals surface area (Å²) in [6.07, 6.45) is 2.13. The summed E-state index contributed by atoms with van der Waals surface area (Å²) in [5.74, 6) is 1.71. The molecule has 0 saturated carbocycles. The second-order valence-corrected chi connectivity index (χ2v) is 6.58. The van der Waals surface area contributed by atoms with Gasteiger partial charge in [0.05, 0.1) is 7.11 Å². The second-order valence-electron chi connectivity index (χ2n) is 6.58. The van der Waals surface area contributed by atoms with Crippen molar-refractivity contribution in [2.75, 3.05) is 19.0 Å². The molecule has 3 aromatic rings. The lowest BCUT2D eigenvalue weighted by Gasteiger charge is -2.09. The van der Waals surface area contributed by atoms with Crippen LogP contribution in [0.15, 0.2) is 90.6 Å². The van der Waals surface area contributed by atoms with Crippen LogP contribution in [0.2, 0.25) is 0 Å². The Morgan fingerprint density at radius 3 is 2.35 bits per heavy atom. The Balaban J connectivity index is 1.52. The molecule has 3 aromatic carbocycles. The van der Waals surface area contributed by atoms with E-state index in [-0.39, 0.29) is 5.57 Å². The molecule has 31 heavy (non-hydrogen) atoms. The molecule has 0 fully saturated rings. The molecule has 6 heteroatoms. The van der Waals surface area contributed by atoms with Gasteiger partial charge in [-0.15, -0.1) is 0 Å². The first kappa shape index (κ1) is 21.5. The number of amides is 1. The highest BCUT2D eigenvalue weighted by Gasteiger charge is 2.09. The Bertz CT molecular complexity index is 1070. The number of benzene rings is 3. The summed E-state index contributed by atoms with van der Waals surface area (Å²) in [5.41, 5.74) is 1.61. The monoisotopic (exact) mass is 413 g/mol. The second kappa shape index (κ2) is 11.1. The quantitative estimate of drug-likeness (QED) is 0.303. The van der Waals surface area contributed by atoms with Gasteiger partial charge in [-0.3, -0.25) is 4.79 Å². The van der Waals surface area contributed by atoms with Gasteiger partial charge in [-0.2, -0.15) is 5.26 Å². The fourth-order valence-corrected chi connectivity index (χ4v) is 2.87. The minimum atomic E-state index is -0.482. The van der Waals surface area contributed by atoms with Crippen molar-refractivity contribution in [1.82, 2.24) is 5.32 Å². The molecule has 2 N–H and O–H groups in total. The van der Waals surface area contributed by atoms with Crippen LogP contribution in [0.1, 0.15) is 5.56 Å². The van der Waals surface area contributed by atoms with Crippen LogP contribution in [-0.4, -0.2) is 19.6 Å². The van der Waals surface area contributed by atoms with Crippen molar-refractivity contribution in [3.63, 3.8) is 0 Å². The number of carbonyl (C=O) groups is 1. The van der Waals surface area contributed by atoms with E-state index in [1.165, 1.54) is 6.20 Å². The third-order valence-electron chi connectivity index (χ3n) is 4.43. The van der Waals surface area contributed by atoms with Crippen LogP contribution in [0.25, 0.3) is 0 Å². The minimum Gasteiger partial charge on any atom is -0.496 e. The first-order valence-corrected chi connectivity index (χ1v) is 9.79. The summed E-state index contributed by atoms with van der Waals surface area (Å²) in [7, 11) is 1.63. The molecule has 0 saturated heterocycles. The van der Waals surface area contributed by atoms with Crippen molar-refractivity contribution >= 4 is 11.6 Å². The van der Waals surface area contributed by atoms with E-state index in [0.717, 1.165) is 17.1 Å². The summed E-state index contributed by atoms with van der Waals surface area (Å²) in [4.78, 5) is 12.4. The fourth-order valence-electron chi connectivity index (χ4n) is 2.87. The largest absolute Gasteiger partial charge is 0.496 e. The van der Waals surface area contributed by atoms with Crippen molar-refractivity contribution in [1.29, 1.82) is 5.26 Å². The van der Waals surface area contributed by atoms with Gasteiger partial charge in [0.1, 0.15) is 28.9 Å². The van der Waals surface area contributed by atoms with Crippen LogP contribution < -0.4 is 20.1 Å². The maximum absolute atomic E-state index is 12.4. The van der Waals surface area contributed by atoms with Gasteiger partial charge in [-0.1, -0.05) is 36.4 Å². The molecule has 0 radical (unpaired) electrons.